The number of ether oxygens (including phenoxy) is 1. The van der Waals surface area contributed by atoms with E-state index in [9.17, 15) is 4.79 Å². The number of nitrogens with one attached hydrogen (secondary N) is 1. The molecule has 1 aromatic carbocycles. The lowest BCUT2D eigenvalue weighted by Crippen LogP contribution is -2.15. The number of anilines is 1. The summed E-state index contributed by atoms with van der Waals surface area (Å²) < 4.78 is 12.6. The van der Waals surface area contributed by atoms with Crippen molar-refractivity contribution < 1.29 is 14.1 Å². The number of carbonyl (C=O) groups is 1. The molecule has 27 heavy (non-hydrogen) atoms. The Morgan fingerprint density at radius 2 is 2.15 bits per heavy atom. The third-order valence-corrected chi connectivity index (χ3v) is 5.29. The minimum atomic E-state index is -0.315. The molecular weight excluding hydrogens is 344 g/mol. The first-order valence-electron chi connectivity index (χ1n) is 9.39. The fourth-order valence-electron chi connectivity index (χ4n) is 3.83. The van der Waals surface area contributed by atoms with Crippen LogP contribution in [0, 0.1) is 6.92 Å². The Morgan fingerprint density at radius 3 is 2.93 bits per heavy atom. The molecule has 0 atom stereocenters. The molecule has 142 valence electrons. The molecule has 1 aliphatic carbocycles. The molecular formula is C20H24N4O3. The van der Waals surface area contributed by atoms with E-state index in [1.807, 2.05) is 24.5 Å². The Labute approximate surface area is 157 Å². The molecule has 0 bridgehead atoms. The maximum Gasteiger partial charge on any atom is 0.278 e. The predicted octanol–water partition coefficient (Wildman–Crippen LogP) is 4.24. The van der Waals surface area contributed by atoms with Gasteiger partial charge in [0.1, 0.15) is 5.76 Å². The van der Waals surface area contributed by atoms with Crippen LogP contribution in [0.25, 0.3) is 11.0 Å². The molecule has 7 heteroatoms. The third-order valence-electron chi connectivity index (χ3n) is 5.29. The highest BCUT2D eigenvalue weighted by Gasteiger charge is 2.21. The Balaban J connectivity index is 1.55. The highest BCUT2D eigenvalue weighted by Crippen LogP contribution is 2.31. The predicted molar refractivity (Wildman–Crippen MR) is 102 cm³/mol. The molecule has 0 radical (unpaired) electrons. The fraction of sp³-hybridized carbons (Fsp3) is 0.450. The van der Waals surface area contributed by atoms with Gasteiger partial charge in [-0.2, -0.15) is 0 Å². The maximum absolute atomic E-state index is 12.6. The quantitative estimate of drug-likeness (QED) is 0.728. The van der Waals surface area contributed by atoms with Gasteiger partial charge in [-0.25, -0.2) is 4.98 Å². The molecule has 2 aromatic heterocycles. The number of rotatable bonds is 5. The molecule has 1 aliphatic rings. The van der Waals surface area contributed by atoms with Crippen molar-refractivity contribution in [2.45, 2.75) is 51.7 Å². The van der Waals surface area contributed by atoms with E-state index in [0.29, 0.717) is 23.1 Å². The van der Waals surface area contributed by atoms with Gasteiger partial charge in [0, 0.05) is 18.8 Å². The standard InChI is InChI=1S/C20H24N4O3/c1-13-16(11-26-2)19(23-27-13)20(25)22-14-8-9-18-17(10-14)21-12-24(18)15-6-4-3-5-7-15/h8-10,12,15H,3-7,11H2,1-2H3,(H,22,25). The largest absolute Gasteiger partial charge is 0.380 e. The summed E-state index contributed by atoms with van der Waals surface area (Å²) >= 11 is 0. The van der Waals surface area contributed by atoms with E-state index in [4.69, 9.17) is 9.26 Å². The highest BCUT2D eigenvalue weighted by molar-refractivity contribution is 6.04. The van der Waals surface area contributed by atoms with E-state index in [2.05, 4.69) is 20.0 Å². The number of carbonyl (C=O) groups excluding carboxylic acids is 1. The Bertz CT molecular complexity index is 953. The second-order valence-electron chi connectivity index (χ2n) is 7.10. The van der Waals surface area contributed by atoms with Crippen LogP contribution in [0.5, 0.6) is 0 Å². The molecule has 1 saturated carbocycles. The monoisotopic (exact) mass is 368 g/mol. The SMILES string of the molecule is COCc1c(C(=O)Nc2ccc3c(c2)ncn3C2CCCCC2)noc1C. The molecule has 0 spiro atoms. The van der Waals surface area contributed by atoms with Crippen LogP contribution in [0.3, 0.4) is 0 Å². The Morgan fingerprint density at radius 1 is 1.33 bits per heavy atom. The lowest BCUT2D eigenvalue weighted by Gasteiger charge is -2.23. The van der Waals surface area contributed by atoms with E-state index in [-0.39, 0.29) is 18.2 Å². The molecule has 4 rings (SSSR count). The number of hydrogen-bond acceptors (Lipinski definition) is 5. The molecule has 1 fully saturated rings. The van der Waals surface area contributed by atoms with Crippen molar-refractivity contribution in [3.05, 3.63) is 41.5 Å². The van der Waals surface area contributed by atoms with Crippen LogP contribution in [-0.4, -0.2) is 27.7 Å². The zero-order valence-electron chi connectivity index (χ0n) is 15.7. The summed E-state index contributed by atoms with van der Waals surface area (Å²) in [6, 6.07) is 6.36. The number of amides is 1. The van der Waals surface area contributed by atoms with Crippen LogP contribution in [0.15, 0.2) is 29.0 Å². The zero-order chi connectivity index (χ0) is 18.8. The van der Waals surface area contributed by atoms with Crippen LogP contribution in [-0.2, 0) is 11.3 Å². The van der Waals surface area contributed by atoms with Gasteiger partial charge in [-0.05, 0) is 38.0 Å². The second-order valence-corrected chi connectivity index (χ2v) is 7.10. The zero-order valence-corrected chi connectivity index (χ0v) is 15.7. The maximum atomic E-state index is 12.6. The van der Waals surface area contributed by atoms with Crippen molar-refractivity contribution in [3.8, 4) is 0 Å². The van der Waals surface area contributed by atoms with Gasteiger partial charge in [-0.15, -0.1) is 0 Å². The van der Waals surface area contributed by atoms with Gasteiger partial charge in [-0.3, -0.25) is 4.79 Å². The first-order chi connectivity index (χ1) is 13.2. The summed E-state index contributed by atoms with van der Waals surface area (Å²) in [4.78, 5) is 17.1. The molecule has 1 amide bonds. The normalized spacial score (nSPS) is 15.3. The molecule has 0 saturated heterocycles. The van der Waals surface area contributed by atoms with Crippen molar-refractivity contribution >= 4 is 22.6 Å². The number of nitrogens with zero attached hydrogens (tertiary/aromatic N) is 3. The van der Waals surface area contributed by atoms with Gasteiger partial charge in [0.2, 0.25) is 0 Å². The fourth-order valence-corrected chi connectivity index (χ4v) is 3.83. The number of hydrogen-bond donors (Lipinski definition) is 1. The molecule has 7 nitrogen and oxygen atoms in total. The van der Waals surface area contributed by atoms with Crippen molar-refractivity contribution in [1.29, 1.82) is 0 Å². The van der Waals surface area contributed by atoms with E-state index in [0.717, 1.165) is 11.0 Å². The first-order valence-corrected chi connectivity index (χ1v) is 9.39. The summed E-state index contributed by atoms with van der Waals surface area (Å²) in [6.07, 6.45) is 8.21. The van der Waals surface area contributed by atoms with Gasteiger partial charge in [0.05, 0.1) is 29.5 Å². The smallest absolute Gasteiger partial charge is 0.278 e. The van der Waals surface area contributed by atoms with Gasteiger partial charge >= 0.3 is 0 Å². The lowest BCUT2D eigenvalue weighted by molar-refractivity contribution is 0.101. The lowest BCUT2D eigenvalue weighted by atomic mass is 9.95. The van der Waals surface area contributed by atoms with E-state index >= 15 is 0 Å². The molecule has 0 unspecified atom stereocenters. The van der Waals surface area contributed by atoms with Gasteiger partial charge in [0.15, 0.2) is 5.69 Å². The minimum absolute atomic E-state index is 0.252. The van der Waals surface area contributed by atoms with Crippen molar-refractivity contribution in [1.82, 2.24) is 14.7 Å². The number of imidazole rings is 1. The van der Waals surface area contributed by atoms with Crippen LogP contribution in [0.2, 0.25) is 0 Å². The van der Waals surface area contributed by atoms with Crippen LogP contribution in [0.1, 0.15) is 60.0 Å². The van der Waals surface area contributed by atoms with Crippen molar-refractivity contribution in [2.24, 2.45) is 0 Å². The van der Waals surface area contributed by atoms with Gasteiger partial charge < -0.3 is 19.1 Å². The average molecular weight is 368 g/mol. The van der Waals surface area contributed by atoms with E-state index in [1.165, 1.54) is 32.1 Å². The van der Waals surface area contributed by atoms with Crippen LogP contribution >= 0.6 is 0 Å². The number of aromatic nitrogens is 3. The third kappa shape index (κ3) is 3.47. The molecule has 2 heterocycles. The summed E-state index contributed by atoms with van der Waals surface area (Å²) in [6.45, 7) is 2.05. The number of methoxy groups -OCH3 is 1. The Kier molecular flexibility index (Phi) is 4.94. The topological polar surface area (TPSA) is 82.2 Å². The Hall–Kier alpha value is -2.67. The molecule has 1 N–H and O–H groups in total. The van der Waals surface area contributed by atoms with Crippen molar-refractivity contribution in [2.75, 3.05) is 12.4 Å². The summed E-state index contributed by atoms with van der Waals surface area (Å²) in [5, 5.41) is 6.76. The second kappa shape index (κ2) is 7.52. The van der Waals surface area contributed by atoms with Crippen molar-refractivity contribution in [3.63, 3.8) is 0 Å². The number of aryl methyl sites for hydroxylation is 1. The van der Waals surface area contributed by atoms with Gasteiger partial charge in [-0.1, -0.05) is 24.4 Å². The van der Waals surface area contributed by atoms with Crippen LogP contribution < -0.4 is 5.32 Å². The highest BCUT2D eigenvalue weighted by atomic mass is 16.5. The number of fused-ring (bicyclic) bond motifs is 1. The first kappa shape index (κ1) is 17.7. The van der Waals surface area contributed by atoms with Gasteiger partial charge in [0.25, 0.3) is 5.91 Å². The van der Waals surface area contributed by atoms with E-state index in [1.54, 1.807) is 14.0 Å². The van der Waals surface area contributed by atoms with E-state index < -0.39 is 0 Å². The number of benzene rings is 1. The molecule has 0 aliphatic heterocycles. The summed E-state index contributed by atoms with van der Waals surface area (Å²) in [5.74, 6) is 0.272. The average Bonchev–Trinajstić information content (AvgIpc) is 3.26. The summed E-state index contributed by atoms with van der Waals surface area (Å²) in [5.41, 5.74) is 3.59. The molecule has 3 aromatic rings. The summed E-state index contributed by atoms with van der Waals surface area (Å²) in [7, 11) is 1.57. The minimum Gasteiger partial charge on any atom is -0.380 e. The van der Waals surface area contributed by atoms with Crippen LogP contribution in [0.4, 0.5) is 5.69 Å².